The van der Waals surface area contributed by atoms with Crippen LogP contribution in [0.3, 0.4) is 0 Å². The molecule has 2 amide bonds. The largest absolute Gasteiger partial charge is 0.480 e. The van der Waals surface area contributed by atoms with Gasteiger partial charge in [0, 0.05) is 10.1 Å². The molecule has 2 N–H and O–H groups in total. The van der Waals surface area contributed by atoms with Gasteiger partial charge in [-0.2, -0.15) is 0 Å². The van der Waals surface area contributed by atoms with Crippen LogP contribution in [0.15, 0.2) is 58.6 Å². The van der Waals surface area contributed by atoms with Gasteiger partial charge in [-0.1, -0.05) is 52.3 Å². The number of urea groups is 1. The van der Waals surface area contributed by atoms with Gasteiger partial charge in [-0.3, -0.25) is 9.69 Å². The fourth-order valence-electron chi connectivity index (χ4n) is 2.59. The molecule has 1 heterocycles. The second kappa shape index (κ2) is 5.81. The van der Waals surface area contributed by atoms with Gasteiger partial charge in [0.25, 0.3) is 0 Å². The molecule has 1 aromatic carbocycles. The van der Waals surface area contributed by atoms with Crippen molar-refractivity contribution < 1.29 is 14.7 Å². The average Bonchev–Trinajstić information content (AvgIpc) is 2.49. The lowest BCUT2D eigenvalue weighted by Gasteiger charge is -2.36. The van der Waals surface area contributed by atoms with Crippen LogP contribution >= 0.6 is 15.9 Å². The van der Waals surface area contributed by atoms with Crippen molar-refractivity contribution in [1.29, 1.82) is 0 Å². The number of carboxylic acids is 1. The normalized spacial score (nSPS) is 20.4. The summed E-state index contributed by atoms with van der Waals surface area (Å²) in [5.41, 5.74) is 2.30. The number of halogens is 1. The lowest BCUT2D eigenvalue weighted by Crippen LogP contribution is -2.51. The molecule has 5 nitrogen and oxygen atoms in total. The van der Waals surface area contributed by atoms with Gasteiger partial charge in [-0.25, -0.2) is 4.79 Å². The van der Waals surface area contributed by atoms with Crippen LogP contribution in [0.1, 0.15) is 5.56 Å². The molecular weight excluding hydrogens is 348 g/mol. The highest BCUT2D eigenvalue weighted by molar-refractivity contribution is 9.11. The molecule has 0 spiro atoms. The Labute approximate surface area is 135 Å². The number of carbonyl (C=O) groups excluding carboxylic acids is 1. The lowest BCUT2D eigenvalue weighted by molar-refractivity contribution is -0.137. The van der Waals surface area contributed by atoms with E-state index in [-0.39, 0.29) is 12.6 Å². The molecule has 22 heavy (non-hydrogen) atoms. The zero-order valence-corrected chi connectivity index (χ0v) is 13.1. The second-order valence-electron chi connectivity index (χ2n) is 4.97. The van der Waals surface area contributed by atoms with Gasteiger partial charge in [-0.05, 0) is 17.7 Å². The minimum absolute atomic E-state index is 0.256. The highest BCUT2D eigenvalue weighted by atomic mass is 79.9. The average molecular weight is 361 g/mol. The first-order valence-electron chi connectivity index (χ1n) is 6.71. The number of rotatable bonds is 3. The van der Waals surface area contributed by atoms with Crippen molar-refractivity contribution in [2.45, 2.75) is 6.04 Å². The maximum absolute atomic E-state index is 12.3. The third kappa shape index (κ3) is 2.69. The van der Waals surface area contributed by atoms with Crippen LogP contribution in [0.2, 0.25) is 0 Å². The number of hydrogen-bond donors (Lipinski definition) is 2. The van der Waals surface area contributed by atoms with Crippen LogP contribution in [-0.4, -0.2) is 34.6 Å². The summed E-state index contributed by atoms with van der Waals surface area (Å²) in [5.74, 6) is -1.06. The van der Waals surface area contributed by atoms with E-state index in [1.807, 2.05) is 48.6 Å². The molecule has 1 aromatic rings. The summed E-state index contributed by atoms with van der Waals surface area (Å²) in [7, 11) is 0. The first kappa shape index (κ1) is 14.6. The summed E-state index contributed by atoms with van der Waals surface area (Å²) in [4.78, 5) is 24.7. The summed E-state index contributed by atoms with van der Waals surface area (Å²) >= 11 is 3.43. The Kier molecular flexibility index (Phi) is 3.85. The van der Waals surface area contributed by atoms with E-state index in [0.29, 0.717) is 5.70 Å². The SMILES string of the molecule is O=C(O)CN1C(=O)N[C@@H]2C=CC(Br)=CC2=C1c1ccccc1. The molecule has 1 aliphatic heterocycles. The summed E-state index contributed by atoms with van der Waals surface area (Å²) in [6, 6.07) is 8.67. The summed E-state index contributed by atoms with van der Waals surface area (Å²) in [6.45, 7) is -0.387. The first-order valence-corrected chi connectivity index (χ1v) is 7.50. The predicted octanol–water partition coefficient (Wildman–Crippen LogP) is 2.72. The third-order valence-corrected chi connectivity index (χ3v) is 3.98. The summed E-state index contributed by atoms with van der Waals surface area (Å²) < 4.78 is 0.874. The molecule has 0 aromatic heterocycles. The van der Waals surface area contributed by atoms with E-state index in [0.717, 1.165) is 15.6 Å². The van der Waals surface area contributed by atoms with E-state index in [1.165, 1.54) is 4.90 Å². The first-order chi connectivity index (χ1) is 10.6. The quantitative estimate of drug-likeness (QED) is 0.870. The molecule has 1 atom stereocenters. The van der Waals surface area contributed by atoms with Crippen molar-refractivity contribution in [3.63, 3.8) is 0 Å². The molecule has 1 aliphatic carbocycles. The summed E-state index contributed by atoms with van der Waals surface area (Å²) in [6.07, 6.45) is 5.64. The van der Waals surface area contributed by atoms with Crippen LogP contribution in [0.5, 0.6) is 0 Å². The number of fused-ring (bicyclic) bond motifs is 1. The topological polar surface area (TPSA) is 69.6 Å². The fourth-order valence-corrected chi connectivity index (χ4v) is 2.99. The Hall–Kier alpha value is -2.34. The number of aliphatic carboxylic acids is 1. The van der Waals surface area contributed by atoms with Crippen LogP contribution in [0.25, 0.3) is 5.70 Å². The van der Waals surface area contributed by atoms with Crippen LogP contribution in [-0.2, 0) is 4.79 Å². The zero-order valence-electron chi connectivity index (χ0n) is 11.5. The van der Waals surface area contributed by atoms with Gasteiger partial charge in [-0.15, -0.1) is 0 Å². The maximum Gasteiger partial charge on any atom is 0.323 e. The summed E-state index contributed by atoms with van der Waals surface area (Å²) in [5, 5.41) is 11.9. The van der Waals surface area contributed by atoms with Gasteiger partial charge in [0.2, 0.25) is 0 Å². The van der Waals surface area contributed by atoms with Gasteiger partial charge >= 0.3 is 12.0 Å². The Bertz CT molecular complexity index is 722. The van der Waals surface area contributed by atoms with Crippen molar-refractivity contribution in [3.8, 4) is 0 Å². The van der Waals surface area contributed by atoms with Gasteiger partial charge < -0.3 is 10.4 Å². The lowest BCUT2D eigenvalue weighted by atomic mass is 9.93. The Morgan fingerprint density at radius 3 is 2.73 bits per heavy atom. The number of carboxylic acid groups (broad SMARTS) is 1. The van der Waals surface area contributed by atoms with E-state index in [2.05, 4.69) is 21.2 Å². The standard InChI is InChI=1S/C16H13BrN2O3/c17-11-6-7-13-12(8-11)15(10-4-2-1-3-5-10)19(9-14(20)21)16(22)18-13/h1-8,13H,9H2,(H,18,22)(H,20,21)/t13-/m1/s1. The number of nitrogens with one attached hydrogen (secondary N) is 1. The molecule has 6 heteroatoms. The van der Waals surface area contributed by atoms with Crippen LogP contribution < -0.4 is 5.32 Å². The highest BCUT2D eigenvalue weighted by Crippen LogP contribution is 2.33. The van der Waals surface area contributed by atoms with E-state index in [4.69, 9.17) is 5.11 Å². The van der Waals surface area contributed by atoms with Crippen LogP contribution in [0.4, 0.5) is 4.79 Å². The van der Waals surface area contributed by atoms with E-state index < -0.39 is 12.0 Å². The number of amides is 2. The van der Waals surface area contributed by atoms with Crippen molar-refractivity contribution in [2.75, 3.05) is 6.54 Å². The molecular formula is C16H13BrN2O3. The third-order valence-electron chi connectivity index (χ3n) is 3.48. The number of carbonyl (C=O) groups is 2. The minimum Gasteiger partial charge on any atom is -0.480 e. The number of hydrogen-bond acceptors (Lipinski definition) is 2. The predicted molar refractivity (Wildman–Crippen MR) is 86.2 cm³/mol. The van der Waals surface area contributed by atoms with E-state index >= 15 is 0 Å². The molecule has 0 saturated heterocycles. The molecule has 0 radical (unpaired) electrons. The second-order valence-corrected chi connectivity index (χ2v) is 5.88. The van der Waals surface area contributed by atoms with Gasteiger partial charge in [0.15, 0.2) is 0 Å². The number of benzene rings is 1. The van der Waals surface area contributed by atoms with Crippen molar-refractivity contribution in [2.24, 2.45) is 0 Å². The molecule has 112 valence electrons. The van der Waals surface area contributed by atoms with Crippen molar-refractivity contribution >= 4 is 33.6 Å². The van der Waals surface area contributed by atoms with E-state index in [9.17, 15) is 9.59 Å². The van der Waals surface area contributed by atoms with Crippen molar-refractivity contribution in [3.05, 3.63) is 64.2 Å². The molecule has 0 fully saturated rings. The van der Waals surface area contributed by atoms with Crippen LogP contribution in [0, 0.1) is 0 Å². The Morgan fingerprint density at radius 1 is 1.32 bits per heavy atom. The maximum atomic E-state index is 12.3. The zero-order chi connectivity index (χ0) is 15.7. The fraction of sp³-hybridized carbons (Fsp3) is 0.125. The smallest absolute Gasteiger partial charge is 0.323 e. The minimum atomic E-state index is -1.06. The molecule has 0 bridgehead atoms. The molecule has 0 saturated carbocycles. The Balaban J connectivity index is 2.19. The van der Waals surface area contributed by atoms with Gasteiger partial charge in [0.1, 0.15) is 6.54 Å². The van der Waals surface area contributed by atoms with E-state index in [1.54, 1.807) is 0 Å². The molecule has 2 aliphatic rings. The number of allylic oxidation sites excluding steroid dienone is 2. The number of nitrogens with zero attached hydrogens (tertiary/aromatic N) is 1. The molecule has 3 rings (SSSR count). The monoisotopic (exact) mass is 360 g/mol. The van der Waals surface area contributed by atoms with Crippen molar-refractivity contribution in [1.82, 2.24) is 10.2 Å². The van der Waals surface area contributed by atoms with Gasteiger partial charge in [0.05, 0.1) is 11.7 Å². The highest BCUT2D eigenvalue weighted by Gasteiger charge is 2.33. The molecule has 0 unspecified atom stereocenters. The Morgan fingerprint density at radius 2 is 2.05 bits per heavy atom.